The normalized spacial score (nSPS) is 22.8. The molecule has 2 amide bonds. The molecule has 1 spiro atoms. The first-order valence-electron chi connectivity index (χ1n) is 12.8. The summed E-state index contributed by atoms with van der Waals surface area (Å²) in [5, 5.41) is 0.719. The second-order valence-corrected chi connectivity index (χ2v) is 11.0. The van der Waals surface area contributed by atoms with E-state index in [1.54, 1.807) is 12.4 Å². The van der Waals surface area contributed by atoms with Crippen LogP contribution < -0.4 is 0 Å². The van der Waals surface area contributed by atoms with E-state index >= 15 is 0 Å². The molecule has 3 heterocycles. The highest BCUT2D eigenvalue weighted by Gasteiger charge is 2.50. The second-order valence-electron chi connectivity index (χ2n) is 10.6. The maximum atomic E-state index is 14.1. The molecular formula is C30H30ClN3O2. The van der Waals surface area contributed by atoms with Crippen molar-refractivity contribution in [2.24, 2.45) is 11.3 Å². The summed E-state index contributed by atoms with van der Waals surface area (Å²) in [4.78, 5) is 35.5. The van der Waals surface area contributed by atoms with Crippen LogP contribution in [-0.4, -0.2) is 39.7 Å². The summed E-state index contributed by atoms with van der Waals surface area (Å²) in [6.07, 6.45) is 6.61. The summed E-state index contributed by atoms with van der Waals surface area (Å²) in [5.74, 6) is 0.787. The zero-order chi connectivity index (χ0) is 24.7. The molecule has 1 saturated carbocycles. The Bertz CT molecular complexity index is 1270. The van der Waals surface area contributed by atoms with Gasteiger partial charge in [0.25, 0.3) is 0 Å². The number of carbonyl (C=O) groups is 2. The monoisotopic (exact) mass is 499 g/mol. The largest absolute Gasteiger partial charge is 0.342 e. The lowest BCUT2D eigenvalue weighted by Gasteiger charge is -2.42. The lowest BCUT2D eigenvalue weighted by molar-refractivity contribution is -0.149. The Kier molecular flexibility index (Phi) is 6.04. The molecule has 3 aromatic rings. The lowest BCUT2D eigenvalue weighted by Crippen LogP contribution is -2.51. The molecule has 36 heavy (non-hydrogen) atoms. The van der Waals surface area contributed by atoms with Crippen LogP contribution >= 0.6 is 11.6 Å². The molecule has 5 nitrogen and oxygen atoms in total. The van der Waals surface area contributed by atoms with Crippen molar-refractivity contribution in [2.75, 3.05) is 13.1 Å². The van der Waals surface area contributed by atoms with E-state index in [2.05, 4.69) is 29.2 Å². The number of halogens is 1. The first-order chi connectivity index (χ1) is 17.5. The topological polar surface area (TPSA) is 53.5 Å². The highest BCUT2D eigenvalue weighted by atomic mass is 35.5. The molecule has 2 aromatic carbocycles. The van der Waals surface area contributed by atoms with Crippen molar-refractivity contribution in [2.45, 2.75) is 44.7 Å². The third-order valence-corrected chi connectivity index (χ3v) is 8.56. The second kappa shape index (κ2) is 9.36. The van der Waals surface area contributed by atoms with Gasteiger partial charge in [-0.3, -0.25) is 14.6 Å². The van der Waals surface area contributed by atoms with Gasteiger partial charge in [0.1, 0.15) is 0 Å². The van der Waals surface area contributed by atoms with E-state index in [0.717, 1.165) is 23.4 Å². The average Bonchev–Trinajstić information content (AvgIpc) is 3.72. The number of fused-ring (bicyclic) bond motifs is 1. The van der Waals surface area contributed by atoms with Gasteiger partial charge >= 0.3 is 0 Å². The van der Waals surface area contributed by atoms with E-state index in [0.29, 0.717) is 39.0 Å². The number of hydrogen-bond acceptors (Lipinski definition) is 3. The van der Waals surface area contributed by atoms with Gasteiger partial charge in [-0.15, -0.1) is 0 Å². The van der Waals surface area contributed by atoms with Crippen LogP contribution in [0.2, 0.25) is 5.02 Å². The maximum absolute atomic E-state index is 14.1. The Morgan fingerprint density at radius 1 is 0.972 bits per heavy atom. The summed E-state index contributed by atoms with van der Waals surface area (Å²) < 4.78 is 0. The van der Waals surface area contributed by atoms with Gasteiger partial charge in [0.2, 0.25) is 11.8 Å². The fourth-order valence-corrected chi connectivity index (χ4v) is 6.23. The van der Waals surface area contributed by atoms with Crippen LogP contribution in [0.25, 0.3) is 0 Å². The minimum absolute atomic E-state index is 0.0500. The quantitative estimate of drug-likeness (QED) is 0.493. The Morgan fingerprint density at radius 2 is 1.67 bits per heavy atom. The molecule has 0 N–H and O–H groups in total. The minimum Gasteiger partial charge on any atom is -0.342 e. The predicted octanol–water partition coefficient (Wildman–Crippen LogP) is 5.23. The summed E-state index contributed by atoms with van der Waals surface area (Å²) in [7, 11) is 0. The van der Waals surface area contributed by atoms with Crippen LogP contribution in [0.15, 0.2) is 73.1 Å². The molecule has 2 fully saturated rings. The third kappa shape index (κ3) is 4.41. The Balaban J connectivity index is 1.18. The van der Waals surface area contributed by atoms with Gasteiger partial charge in [-0.1, -0.05) is 48.0 Å². The van der Waals surface area contributed by atoms with Gasteiger partial charge in [0, 0.05) is 49.5 Å². The molecule has 6 heteroatoms. The summed E-state index contributed by atoms with van der Waals surface area (Å²) in [6, 6.07) is 20.2. The number of hydrogen-bond donors (Lipinski definition) is 0. The number of carbonyl (C=O) groups excluding carboxylic acids is 2. The molecule has 3 aliphatic rings. The fourth-order valence-electron chi connectivity index (χ4n) is 6.10. The molecule has 1 saturated heterocycles. The summed E-state index contributed by atoms with van der Waals surface area (Å²) in [5.41, 5.74) is 4.29. The van der Waals surface area contributed by atoms with E-state index in [1.807, 2.05) is 46.2 Å². The number of likely N-dealkylation sites (tertiary alicyclic amines) is 1. The molecule has 1 aromatic heterocycles. The Morgan fingerprint density at radius 3 is 2.39 bits per heavy atom. The predicted molar refractivity (Wildman–Crippen MR) is 139 cm³/mol. The Hall–Kier alpha value is -3.18. The number of aromatic nitrogens is 1. The van der Waals surface area contributed by atoms with Crippen LogP contribution in [0.1, 0.15) is 47.4 Å². The van der Waals surface area contributed by atoms with E-state index in [4.69, 9.17) is 11.6 Å². The lowest BCUT2D eigenvalue weighted by atomic mass is 9.72. The molecule has 6 rings (SSSR count). The van der Waals surface area contributed by atoms with Crippen LogP contribution in [-0.2, 0) is 29.1 Å². The van der Waals surface area contributed by atoms with E-state index in [9.17, 15) is 9.59 Å². The maximum Gasteiger partial charge on any atom is 0.229 e. The van der Waals surface area contributed by atoms with Crippen molar-refractivity contribution in [1.29, 1.82) is 0 Å². The smallest absolute Gasteiger partial charge is 0.229 e. The highest BCUT2D eigenvalue weighted by Crippen LogP contribution is 2.49. The third-order valence-electron chi connectivity index (χ3n) is 8.31. The van der Waals surface area contributed by atoms with Crippen molar-refractivity contribution in [3.63, 3.8) is 0 Å². The molecule has 0 radical (unpaired) electrons. The van der Waals surface area contributed by atoms with E-state index < -0.39 is 5.41 Å². The molecular weight excluding hydrogens is 470 g/mol. The van der Waals surface area contributed by atoms with Gasteiger partial charge in [-0.05, 0) is 78.1 Å². The fraction of sp³-hybridized carbons (Fsp3) is 0.367. The summed E-state index contributed by atoms with van der Waals surface area (Å²) in [6.45, 7) is 2.47. The van der Waals surface area contributed by atoms with Crippen molar-refractivity contribution in [3.8, 4) is 0 Å². The SMILES string of the molecule is O=C(C1CC1c1ccc(Cl)cc1)N1CCC2(CC1)Cc1ccccc1CN(Cc1ccncc1)C2=O. The van der Waals surface area contributed by atoms with Crippen molar-refractivity contribution < 1.29 is 9.59 Å². The van der Waals surface area contributed by atoms with E-state index in [1.165, 1.54) is 16.7 Å². The van der Waals surface area contributed by atoms with E-state index in [-0.39, 0.29) is 23.7 Å². The number of benzene rings is 2. The van der Waals surface area contributed by atoms with Crippen LogP contribution in [0.3, 0.4) is 0 Å². The standard InChI is InChI=1S/C30H30ClN3O2/c31-25-7-5-22(6-8-25)26-17-27(26)28(35)33-15-11-30(12-16-33)18-23-3-1-2-4-24(23)20-34(29(30)36)19-21-9-13-32-14-10-21/h1-10,13-14,26-27H,11-12,15-20H2. The minimum atomic E-state index is -0.463. The Labute approximate surface area is 217 Å². The molecule has 2 unspecified atom stereocenters. The van der Waals surface area contributed by atoms with Gasteiger partial charge in [-0.25, -0.2) is 0 Å². The van der Waals surface area contributed by atoms with Gasteiger partial charge < -0.3 is 9.80 Å². The first-order valence-corrected chi connectivity index (χ1v) is 13.2. The number of piperidine rings is 1. The van der Waals surface area contributed by atoms with Crippen LogP contribution in [0.4, 0.5) is 0 Å². The van der Waals surface area contributed by atoms with Gasteiger partial charge in [0.15, 0.2) is 0 Å². The molecule has 1 aliphatic carbocycles. The van der Waals surface area contributed by atoms with Crippen LogP contribution in [0, 0.1) is 11.3 Å². The molecule has 2 aliphatic heterocycles. The highest BCUT2D eigenvalue weighted by molar-refractivity contribution is 6.30. The number of amides is 2. The zero-order valence-corrected chi connectivity index (χ0v) is 21.0. The number of rotatable bonds is 4. The van der Waals surface area contributed by atoms with Gasteiger partial charge in [0.05, 0.1) is 5.41 Å². The molecule has 0 bridgehead atoms. The zero-order valence-electron chi connectivity index (χ0n) is 20.3. The molecule has 2 atom stereocenters. The van der Waals surface area contributed by atoms with Crippen LogP contribution in [0.5, 0.6) is 0 Å². The first kappa shape index (κ1) is 23.2. The van der Waals surface area contributed by atoms with Gasteiger partial charge in [-0.2, -0.15) is 0 Å². The molecule has 184 valence electrons. The summed E-state index contributed by atoms with van der Waals surface area (Å²) >= 11 is 6.03. The van der Waals surface area contributed by atoms with Crippen molar-refractivity contribution in [1.82, 2.24) is 14.8 Å². The van der Waals surface area contributed by atoms with Crippen molar-refractivity contribution in [3.05, 3.63) is 100 Å². The van der Waals surface area contributed by atoms with Crippen molar-refractivity contribution >= 4 is 23.4 Å². The number of pyridine rings is 1. The average molecular weight is 500 g/mol. The number of nitrogens with zero attached hydrogens (tertiary/aromatic N) is 3.